The van der Waals surface area contributed by atoms with Crippen LogP contribution in [-0.2, 0) is 11.3 Å². The standard InChI is InChI=1S/C18H11Cl2FN2O2S/c1-2-7-23-14-5-4-12(21)9-16(14)26-18(23)22-17(24)10-25-15-6-3-11(19)8-13(15)20/h1,3-6,8-9H,7,10H2. The van der Waals surface area contributed by atoms with Crippen molar-refractivity contribution < 1.29 is 13.9 Å². The van der Waals surface area contributed by atoms with Crippen LogP contribution >= 0.6 is 34.5 Å². The van der Waals surface area contributed by atoms with Crippen LogP contribution in [-0.4, -0.2) is 17.1 Å². The van der Waals surface area contributed by atoms with Crippen molar-refractivity contribution in [3.63, 3.8) is 0 Å². The van der Waals surface area contributed by atoms with E-state index in [1.54, 1.807) is 22.8 Å². The summed E-state index contributed by atoms with van der Waals surface area (Å²) in [7, 11) is 0. The Hall–Kier alpha value is -2.33. The van der Waals surface area contributed by atoms with E-state index in [-0.39, 0.29) is 19.0 Å². The van der Waals surface area contributed by atoms with Gasteiger partial charge in [-0.05, 0) is 36.4 Å². The molecule has 0 fully saturated rings. The molecule has 0 aliphatic carbocycles. The first-order valence-electron chi connectivity index (χ1n) is 7.35. The van der Waals surface area contributed by atoms with Gasteiger partial charge in [0.05, 0.1) is 21.8 Å². The Morgan fingerprint density at radius 2 is 2.12 bits per heavy atom. The summed E-state index contributed by atoms with van der Waals surface area (Å²) in [5.74, 6) is 1.94. The Balaban J connectivity index is 1.87. The molecule has 8 heteroatoms. The smallest absolute Gasteiger partial charge is 0.286 e. The molecule has 0 radical (unpaired) electrons. The lowest BCUT2D eigenvalue weighted by atomic mass is 10.3. The molecule has 1 aromatic heterocycles. The van der Waals surface area contributed by atoms with Crippen LogP contribution in [0.2, 0.25) is 10.0 Å². The Kier molecular flexibility index (Phi) is 5.62. The quantitative estimate of drug-likeness (QED) is 0.604. The molecule has 0 saturated carbocycles. The molecular weight excluding hydrogens is 398 g/mol. The van der Waals surface area contributed by atoms with Crippen LogP contribution in [0.3, 0.4) is 0 Å². The largest absolute Gasteiger partial charge is 0.482 e. The molecule has 132 valence electrons. The molecule has 0 spiro atoms. The molecule has 3 rings (SSSR count). The van der Waals surface area contributed by atoms with Gasteiger partial charge in [0.25, 0.3) is 5.91 Å². The van der Waals surface area contributed by atoms with Crippen LogP contribution in [0.15, 0.2) is 41.4 Å². The number of carbonyl (C=O) groups is 1. The van der Waals surface area contributed by atoms with E-state index in [9.17, 15) is 9.18 Å². The van der Waals surface area contributed by atoms with Gasteiger partial charge in [0.2, 0.25) is 0 Å². The van der Waals surface area contributed by atoms with E-state index in [1.807, 2.05) is 0 Å². The van der Waals surface area contributed by atoms with Crippen molar-refractivity contribution in [2.45, 2.75) is 6.54 Å². The van der Waals surface area contributed by atoms with Crippen LogP contribution in [0.25, 0.3) is 10.2 Å². The summed E-state index contributed by atoms with van der Waals surface area (Å²) in [6, 6.07) is 9.00. The summed E-state index contributed by atoms with van der Waals surface area (Å²) < 4.78 is 21.1. The molecular formula is C18H11Cl2FN2O2S. The summed E-state index contributed by atoms with van der Waals surface area (Å²) in [6.45, 7) is -0.0956. The van der Waals surface area contributed by atoms with Crippen molar-refractivity contribution in [3.8, 4) is 18.1 Å². The number of terminal acetylenes is 1. The maximum Gasteiger partial charge on any atom is 0.286 e. The zero-order valence-corrected chi connectivity index (χ0v) is 15.5. The molecule has 0 aliphatic rings. The molecule has 0 atom stereocenters. The Morgan fingerprint density at radius 1 is 1.31 bits per heavy atom. The van der Waals surface area contributed by atoms with Crippen LogP contribution < -0.4 is 9.54 Å². The lowest BCUT2D eigenvalue weighted by Crippen LogP contribution is -2.19. The third-order valence-corrected chi connectivity index (χ3v) is 4.93. The number of halogens is 3. The minimum Gasteiger partial charge on any atom is -0.482 e. The summed E-state index contributed by atoms with van der Waals surface area (Å²) in [4.78, 5) is 16.6. The molecule has 4 nitrogen and oxygen atoms in total. The number of hydrogen-bond acceptors (Lipinski definition) is 3. The predicted molar refractivity (Wildman–Crippen MR) is 101 cm³/mol. The van der Waals surface area contributed by atoms with Crippen LogP contribution in [0, 0.1) is 18.2 Å². The fourth-order valence-corrected chi connectivity index (χ4v) is 3.78. The number of ether oxygens (including phenoxy) is 1. The number of thiazole rings is 1. The SMILES string of the molecule is C#CCn1c(=NC(=O)COc2ccc(Cl)cc2Cl)sc2cc(F)ccc21. The van der Waals surface area contributed by atoms with Crippen LogP contribution in [0.5, 0.6) is 5.75 Å². The summed E-state index contributed by atoms with van der Waals surface area (Å²) >= 11 is 13.0. The fourth-order valence-electron chi connectivity index (χ4n) is 2.25. The highest BCUT2D eigenvalue weighted by atomic mass is 35.5. The first kappa shape index (κ1) is 18.5. The highest BCUT2D eigenvalue weighted by Crippen LogP contribution is 2.27. The molecule has 2 aromatic carbocycles. The van der Waals surface area contributed by atoms with Gasteiger partial charge in [-0.2, -0.15) is 4.99 Å². The normalized spacial score (nSPS) is 11.5. The van der Waals surface area contributed by atoms with Crippen LogP contribution in [0.4, 0.5) is 4.39 Å². The van der Waals surface area contributed by atoms with Crippen molar-refractivity contribution in [2.24, 2.45) is 4.99 Å². The van der Waals surface area contributed by atoms with E-state index in [0.29, 0.717) is 30.8 Å². The van der Waals surface area contributed by atoms with Crippen molar-refractivity contribution >= 4 is 50.7 Å². The van der Waals surface area contributed by atoms with Crippen molar-refractivity contribution in [3.05, 3.63) is 57.1 Å². The fraction of sp³-hybridized carbons (Fsp3) is 0.111. The van der Waals surface area contributed by atoms with Crippen molar-refractivity contribution in [2.75, 3.05) is 6.61 Å². The third kappa shape index (κ3) is 4.07. The van der Waals surface area contributed by atoms with Crippen molar-refractivity contribution in [1.82, 2.24) is 4.57 Å². The van der Waals surface area contributed by atoms with Gasteiger partial charge in [-0.15, -0.1) is 6.42 Å². The third-order valence-electron chi connectivity index (χ3n) is 3.36. The van der Waals surface area contributed by atoms with E-state index < -0.39 is 5.91 Å². The predicted octanol–water partition coefficient (Wildman–Crippen LogP) is 4.29. The summed E-state index contributed by atoms with van der Waals surface area (Å²) in [5, 5.41) is 0.760. The zero-order chi connectivity index (χ0) is 18.7. The molecule has 0 saturated heterocycles. The number of benzene rings is 2. The maximum atomic E-state index is 13.4. The van der Waals surface area contributed by atoms with E-state index >= 15 is 0 Å². The van der Waals surface area contributed by atoms with E-state index in [1.165, 1.54) is 29.5 Å². The maximum absolute atomic E-state index is 13.4. The average molecular weight is 409 g/mol. The summed E-state index contributed by atoms with van der Waals surface area (Å²) in [5.41, 5.74) is 0.711. The first-order chi connectivity index (χ1) is 12.5. The van der Waals surface area contributed by atoms with Gasteiger partial charge in [0, 0.05) is 5.02 Å². The van der Waals surface area contributed by atoms with Gasteiger partial charge < -0.3 is 9.30 Å². The molecule has 0 N–H and O–H groups in total. The van der Waals surface area contributed by atoms with Gasteiger partial charge in [-0.3, -0.25) is 4.79 Å². The number of rotatable bonds is 4. The number of amides is 1. The number of aromatic nitrogens is 1. The zero-order valence-electron chi connectivity index (χ0n) is 13.2. The molecule has 1 amide bonds. The highest BCUT2D eigenvalue weighted by molar-refractivity contribution is 7.16. The van der Waals surface area contributed by atoms with Gasteiger partial charge in [-0.25, -0.2) is 4.39 Å². The Bertz CT molecular complexity index is 1100. The van der Waals surface area contributed by atoms with E-state index in [0.717, 1.165) is 0 Å². The molecule has 1 heterocycles. The average Bonchev–Trinajstić information content (AvgIpc) is 2.91. The first-order valence-corrected chi connectivity index (χ1v) is 8.93. The second-order valence-electron chi connectivity index (χ2n) is 5.16. The van der Waals surface area contributed by atoms with Gasteiger partial charge in [0.15, 0.2) is 11.4 Å². The minimum atomic E-state index is -0.520. The Labute approximate surface area is 162 Å². The lowest BCUT2D eigenvalue weighted by Gasteiger charge is -2.05. The van der Waals surface area contributed by atoms with Gasteiger partial charge in [-0.1, -0.05) is 40.5 Å². The molecule has 3 aromatic rings. The number of fused-ring (bicyclic) bond motifs is 1. The van der Waals surface area contributed by atoms with Crippen molar-refractivity contribution in [1.29, 1.82) is 0 Å². The van der Waals surface area contributed by atoms with E-state index in [4.69, 9.17) is 34.4 Å². The van der Waals surface area contributed by atoms with Crippen LogP contribution in [0.1, 0.15) is 0 Å². The lowest BCUT2D eigenvalue weighted by molar-refractivity contribution is -0.120. The number of nitrogens with zero attached hydrogens (tertiary/aromatic N) is 2. The minimum absolute atomic E-state index is 0.210. The highest BCUT2D eigenvalue weighted by Gasteiger charge is 2.10. The second kappa shape index (κ2) is 7.92. The van der Waals surface area contributed by atoms with E-state index in [2.05, 4.69) is 10.9 Å². The second-order valence-corrected chi connectivity index (χ2v) is 7.01. The molecule has 0 unspecified atom stereocenters. The molecule has 0 aliphatic heterocycles. The topological polar surface area (TPSA) is 43.6 Å². The molecule has 0 bridgehead atoms. The number of carbonyl (C=O) groups excluding carboxylic acids is 1. The molecule has 26 heavy (non-hydrogen) atoms. The number of hydrogen-bond donors (Lipinski definition) is 0. The Morgan fingerprint density at radius 3 is 2.85 bits per heavy atom. The monoisotopic (exact) mass is 408 g/mol. The van der Waals surface area contributed by atoms with Gasteiger partial charge >= 0.3 is 0 Å². The summed E-state index contributed by atoms with van der Waals surface area (Å²) in [6.07, 6.45) is 5.39. The van der Waals surface area contributed by atoms with Gasteiger partial charge in [0.1, 0.15) is 11.6 Å².